The molecule has 0 atom stereocenters. The van der Waals surface area contributed by atoms with Gasteiger partial charge in [-0.05, 0) is 60.3 Å². The second kappa shape index (κ2) is 8.05. The highest BCUT2D eigenvalue weighted by Crippen LogP contribution is 2.43. The standard InChI is InChI=1S/C27H34/c1-21-12-14-23(15-13-21)25-11-9-10-24-18-22(19-26(24)25)20-27(2)16-7-5-3-4-6-8-17-27/h9-15,19H,3-8,16-18,20H2,1-2H3. The second-order valence-electron chi connectivity index (χ2n) is 9.33. The fourth-order valence-corrected chi connectivity index (χ4v) is 5.20. The number of hydrogen-bond donors (Lipinski definition) is 0. The summed E-state index contributed by atoms with van der Waals surface area (Å²) in [6.07, 6.45) is 16.4. The quantitative estimate of drug-likeness (QED) is 0.519. The molecule has 0 unspecified atom stereocenters. The Morgan fingerprint density at radius 2 is 1.48 bits per heavy atom. The molecular formula is C27H34. The maximum atomic E-state index is 2.56. The van der Waals surface area contributed by atoms with Gasteiger partial charge in [-0.2, -0.15) is 0 Å². The van der Waals surface area contributed by atoms with Crippen LogP contribution < -0.4 is 0 Å². The summed E-state index contributed by atoms with van der Waals surface area (Å²) in [5.41, 5.74) is 9.24. The first-order valence-corrected chi connectivity index (χ1v) is 11.0. The van der Waals surface area contributed by atoms with Gasteiger partial charge in [0.25, 0.3) is 0 Å². The van der Waals surface area contributed by atoms with Crippen molar-refractivity contribution in [1.82, 2.24) is 0 Å². The Labute approximate surface area is 165 Å². The van der Waals surface area contributed by atoms with E-state index in [9.17, 15) is 0 Å². The minimum atomic E-state index is 0.502. The lowest BCUT2D eigenvalue weighted by atomic mass is 9.75. The van der Waals surface area contributed by atoms with Gasteiger partial charge in [-0.3, -0.25) is 0 Å². The fourth-order valence-electron chi connectivity index (χ4n) is 5.20. The first kappa shape index (κ1) is 18.5. The van der Waals surface area contributed by atoms with Gasteiger partial charge in [0.05, 0.1) is 0 Å². The summed E-state index contributed by atoms with van der Waals surface area (Å²) in [6, 6.07) is 15.9. The summed E-state index contributed by atoms with van der Waals surface area (Å²) >= 11 is 0. The monoisotopic (exact) mass is 358 g/mol. The van der Waals surface area contributed by atoms with Crippen molar-refractivity contribution >= 4 is 6.08 Å². The number of allylic oxidation sites excluding steroid dienone is 1. The molecule has 27 heavy (non-hydrogen) atoms. The van der Waals surface area contributed by atoms with Crippen LogP contribution in [0.25, 0.3) is 17.2 Å². The van der Waals surface area contributed by atoms with Crippen LogP contribution in [0.4, 0.5) is 0 Å². The number of fused-ring (bicyclic) bond motifs is 1. The normalized spacial score (nSPS) is 19.6. The van der Waals surface area contributed by atoms with Crippen molar-refractivity contribution in [1.29, 1.82) is 0 Å². The zero-order valence-electron chi connectivity index (χ0n) is 17.2. The molecule has 142 valence electrons. The van der Waals surface area contributed by atoms with E-state index >= 15 is 0 Å². The average molecular weight is 359 g/mol. The van der Waals surface area contributed by atoms with E-state index in [1.165, 1.54) is 85.6 Å². The van der Waals surface area contributed by atoms with Crippen LogP contribution in [0.1, 0.15) is 81.4 Å². The number of rotatable bonds is 3. The summed E-state index contributed by atoms with van der Waals surface area (Å²) < 4.78 is 0. The second-order valence-corrected chi connectivity index (χ2v) is 9.33. The molecule has 4 rings (SSSR count). The Hall–Kier alpha value is -1.82. The molecule has 2 aliphatic carbocycles. The van der Waals surface area contributed by atoms with E-state index in [1.54, 1.807) is 5.57 Å². The molecule has 2 aromatic carbocycles. The maximum absolute atomic E-state index is 2.56. The SMILES string of the molecule is Cc1ccc(-c2cccc3c2C=C(CC2(C)CCCCCCCC2)C3)cc1. The van der Waals surface area contributed by atoms with Crippen LogP contribution in [0.15, 0.2) is 48.0 Å². The van der Waals surface area contributed by atoms with E-state index in [0.29, 0.717) is 5.41 Å². The van der Waals surface area contributed by atoms with Crippen molar-refractivity contribution in [3.63, 3.8) is 0 Å². The van der Waals surface area contributed by atoms with Gasteiger partial charge in [-0.1, -0.05) is 105 Å². The zero-order valence-corrected chi connectivity index (χ0v) is 17.2. The lowest BCUT2D eigenvalue weighted by molar-refractivity contribution is 0.256. The molecule has 0 heterocycles. The molecule has 0 amide bonds. The first-order valence-electron chi connectivity index (χ1n) is 11.0. The van der Waals surface area contributed by atoms with E-state index < -0.39 is 0 Å². The molecule has 0 spiro atoms. The Balaban J connectivity index is 1.57. The Bertz CT molecular complexity index is 796. The topological polar surface area (TPSA) is 0 Å². The van der Waals surface area contributed by atoms with E-state index in [4.69, 9.17) is 0 Å². The molecule has 0 radical (unpaired) electrons. The van der Waals surface area contributed by atoms with Crippen molar-refractivity contribution < 1.29 is 0 Å². The van der Waals surface area contributed by atoms with Crippen molar-refractivity contribution in [2.75, 3.05) is 0 Å². The lowest BCUT2D eigenvalue weighted by Gasteiger charge is -2.30. The smallest absolute Gasteiger partial charge is 0.00574 e. The molecule has 0 N–H and O–H groups in total. The van der Waals surface area contributed by atoms with Crippen LogP contribution >= 0.6 is 0 Å². The Kier molecular flexibility index (Phi) is 5.53. The molecular weight excluding hydrogens is 324 g/mol. The molecule has 0 heteroatoms. The van der Waals surface area contributed by atoms with Gasteiger partial charge in [0.2, 0.25) is 0 Å². The summed E-state index contributed by atoms with van der Waals surface area (Å²) in [7, 11) is 0. The number of aryl methyl sites for hydroxylation is 1. The molecule has 0 nitrogen and oxygen atoms in total. The van der Waals surface area contributed by atoms with Crippen LogP contribution in [0.3, 0.4) is 0 Å². The molecule has 0 bridgehead atoms. The summed E-state index contributed by atoms with van der Waals surface area (Å²) in [5.74, 6) is 0. The molecule has 0 aliphatic heterocycles. The predicted molar refractivity (Wildman–Crippen MR) is 118 cm³/mol. The van der Waals surface area contributed by atoms with E-state index in [2.05, 4.69) is 62.4 Å². The molecule has 2 aliphatic rings. The van der Waals surface area contributed by atoms with E-state index in [1.807, 2.05) is 0 Å². The minimum absolute atomic E-state index is 0.502. The molecule has 0 saturated heterocycles. The van der Waals surface area contributed by atoms with Crippen LogP contribution in [0, 0.1) is 12.3 Å². The van der Waals surface area contributed by atoms with Crippen LogP contribution in [-0.2, 0) is 6.42 Å². The van der Waals surface area contributed by atoms with Gasteiger partial charge in [-0.25, -0.2) is 0 Å². The van der Waals surface area contributed by atoms with Crippen LogP contribution in [-0.4, -0.2) is 0 Å². The van der Waals surface area contributed by atoms with Gasteiger partial charge < -0.3 is 0 Å². The fraction of sp³-hybridized carbons (Fsp3) is 0.481. The molecule has 2 aromatic rings. The van der Waals surface area contributed by atoms with Gasteiger partial charge in [0.15, 0.2) is 0 Å². The highest BCUT2D eigenvalue weighted by Gasteiger charge is 2.28. The van der Waals surface area contributed by atoms with Crippen molar-refractivity contribution in [2.24, 2.45) is 5.41 Å². The average Bonchev–Trinajstić information content (AvgIpc) is 3.09. The summed E-state index contributed by atoms with van der Waals surface area (Å²) in [5, 5.41) is 0. The predicted octanol–water partition coefficient (Wildman–Crippen LogP) is 8.13. The van der Waals surface area contributed by atoms with Gasteiger partial charge >= 0.3 is 0 Å². The largest absolute Gasteiger partial charge is 0.0646 e. The highest BCUT2D eigenvalue weighted by molar-refractivity contribution is 5.80. The Morgan fingerprint density at radius 1 is 0.815 bits per heavy atom. The maximum Gasteiger partial charge on any atom is -0.00574 e. The van der Waals surface area contributed by atoms with Crippen LogP contribution in [0.5, 0.6) is 0 Å². The Morgan fingerprint density at radius 3 is 2.19 bits per heavy atom. The van der Waals surface area contributed by atoms with Crippen molar-refractivity contribution in [3.05, 3.63) is 64.7 Å². The molecule has 1 saturated carbocycles. The first-order chi connectivity index (χ1) is 13.1. The van der Waals surface area contributed by atoms with Crippen LogP contribution in [0.2, 0.25) is 0 Å². The summed E-state index contributed by atoms with van der Waals surface area (Å²) in [6.45, 7) is 4.72. The molecule has 0 aromatic heterocycles. The number of benzene rings is 2. The van der Waals surface area contributed by atoms with Gasteiger partial charge in [0.1, 0.15) is 0 Å². The van der Waals surface area contributed by atoms with E-state index in [-0.39, 0.29) is 0 Å². The zero-order chi connectivity index (χ0) is 18.7. The lowest BCUT2D eigenvalue weighted by Crippen LogP contribution is -2.17. The highest BCUT2D eigenvalue weighted by atomic mass is 14.3. The van der Waals surface area contributed by atoms with E-state index in [0.717, 1.165) is 6.42 Å². The van der Waals surface area contributed by atoms with Gasteiger partial charge in [0, 0.05) is 0 Å². The van der Waals surface area contributed by atoms with Crippen molar-refractivity contribution in [3.8, 4) is 11.1 Å². The molecule has 1 fully saturated rings. The number of hydrogen-bond acceptors (Lipinski definition) is 0. The van der Waals surface area contributed by atoms with Gasteiger partial charge in [-0.15, -0.1) is 0 Å². The third-order valence-corrected chi connectivity index (χ3v) is 6.79. The van der Waals surface area contributed by atoms with Crippen molar-refractivity contribution in [2.45, 2.75) is 78.1 Å². The minimum Gasteiger partial charge on any atom is -0.0646 e. The third-order valence-electron chi connectivity index (χ3n) is 6.79. The summed E-state index contributed by atoms with van der Waals surface area (Å²) in [4.78, 5) is 0. The third kappa shape index (κ3) is 4.37.